The molecule has 176 valence electrons. The summed E-state index contributed by atoms with van der Waals surface area (Å²) >= 11 is 0. The van der Waals surface area contributed by atoms with Gasteiger partial charge in [-0.2, -0.15) is 0 Å². The van der Waals surface area contributed by atoms with Gasteiger partial charge in [-0.3, -0.25) is 0 Å². The lowest BCUT2D eigenvalue weighted by Gasteiger charge is -2.34. The zero-order chi connectivity index (χ0) is 23.0. The van der Waals surface area contributed by atoms with E-state index in [2.05, 4.69) is 15.5 Å². The lowest BCUT2D eigenvalue weighted by molar-refractivity contribution is -0.0410. The monoisotopic (exact) mass is 453 g/mol. The molecule has 5 rings (SSSR count). The van der Waals surface area contributed by atoms with Crippen molar-refractivity contribution in [2.24, 2.45) is 0 Å². The van der Waals surface area contributed by atoms with Crippen molar-refractivity contribution in [1.82, 2.24) is 15.3 Å². The fourth-order valence-electron chi connectivity index (χ4n) is 4.96. The summed E-state index contributed by atoms with van der Waals surface area (Å²) in [5.74, 6) is 1.52. The van der Waals surface area contributed by atoms with Crippen LogP contribution in [0.15, 0.2) is 24.3 Å². The minimum absolute atomic E-state index is 0.0203. The van der Waals surface area contributed by atoms with Crippen molar-refractivity contribution < 1.29 is 19.4 Å². The number of nitrogens with zero attached hydrogens (tertiary/aromatic N) is 3. The molecule has 2 saturated heterocycles. The number of fused-ring (bicyclic) bond motifs is 3. The number of hydrogen-bond acceptors (Lipinski definition) is 7. The van der Waals surface area contributed by atoms with E-state index in [0.29, 0.717) is 31.1 Å². The van der Waals surface area contributed by atoms with Gasteiger partial charge in [0.15, 0.2) is 5.82 Å². The number of morpholine rings is 1. The molecule has 3 atom stereocenters. The summed E-state index contributed by atoms with van der Waals surface area (Å²) in [5, 5.41) is 15.2. The molecule has 2 bridgehead atoms. The Labute approximate surface area is 193 Å². The van der Waals surface area contributed by atoms with E-state index >= 15 is 0 Å². The third kappa shape index (κ3) is 4.28. The van der Waals surface area contributed by atoms with Crippen LogP contribution in [-0.4, -0.2) is 59.6 Å². The molecule has 9 heteroatoms. The maximum Gasteiger partial charge on any atom is 0.319 e. The van der Waals surface area contributed by atoms with Crippen LogP contribution in [0.3, 0.4) is 0 Å². The fourth-order valence-corrected chi connectivity index (χ4v) is 4.96. The molecule has 2 amide bonds. The zero-order valence-corrected chi connectivity index (χ0v) is 19.1. The van der Waals surface area contributed by atoms with Crippen LogP contribution in [0.4, 0.5) is 16.3 Å². The van der Waals surface area contributed by atoms with Crippen LogP contribution in [0, 0.1) is 0 Å². The summed E-state index contributed by atoms with van der Waals surface area (Å²) < 4.78 is 12.2. The van der Waals surface area contributed by atoms with Gasteiger partial charge >= 0.3 is 6.03 Å². The minimum atomic E-state index is -0.651. The van der Waals surface area contributed by atoms with Gasteiger partial charge in [-0.15, -0.1) is 0 Å². The second-order valence-electron chi connectivity index (χ2n) is 9.12. The predicted octanol–water partition coefficient (Wildman–Crippen LogP) is 2.78. The minimum Gasteiger partial charge on any atom is -0.396 e. The van der Waals surface area contributed by atoms with Crippen LogP contribution < -0.4 is 15.5 Å². The average molecular weight is 454 g/mol. The molecule has 0 radical (unpaired) electrons. The van der Waals surface area contributed by atoms with Gasteiger partial charge in [0.1, 0.15) is 11.4 Å². The number of carbonyl (C=O) groups excluding carboxylic acids is 1. The molecular formula is C24H31N5O4. The van der Waals surface area contributed by atoms with Crippen LogP contribution in [0.2, 0.25) is 0 Å². The normalized spacial score (nSPS) is 25.7. The molecule has 1 aromatic carbocycles. The van der Waals surface area contributed by atoms with Crippen molar-refractivity contribution in [2.75, 3.05) is 36.5 Å². The molecule has 1 unspecified atom stereocenters. The summed E-state index contributed by atoms with van der Waals surface area (Å²) in [6, 6.07) is 7.28. The Balaban J connectivity index is 1.51. The van der Waals surface area contributed by atoms with Gasteiger partial charge in [0.2, 0.25) is 0 Å². The quantitative estimate of drug-likeness (QED) is 0.617. The summed E-state index contributed by atoms with van der Waals surface area (Å²) in [6.45, 7) is 6.50. The number of hydrogen-bond donors (Lipinski definition) is 3. The highest BCUT2D eigenvalue weighted by Gasteiger charge is 2.42. The molecule has 0 aliphatic carbocycles. The van der Waals surface area contributed by atoms with Crippen molar-refractivity contribution in [3.05, 3.63) is 35.5 Å². The van der Waals surface area contributed by atoms with E-state index in [0.717, 1.165) is 48.6 Å². The van der Waals surface area contributed by atoms with Crippen molar-refractivity contribution in [2.45, 2.75) is 57.5 Å². The van der Waals surface area contributed by atoms with E-state index in [1.54, 1.807) is 0 Å². The molecule has 2 fully saturated rings. The third-order valence-corrected chi connectivity index (χ3v) is 6.69. The Hall–Kier alpha value is -2.75. The number of amides is 2. The Kier molecular flexibility index (Phi) is 5.94. The van der Waals surface area contributed by atoms with Crippen LogP contribution in [0.1, 0.15) is 44.4 Å². The molecule has 0 spiro atoms. The number of nitrogens with one attached hydrogen (secondary N) is 2. The van der Waals surface area contributed by atoms with Gasteiger partial charge in [0, 0.05) is 49.5 Å². The lowest BCUT2D eigenvalue weighted by Crippen LogP contribution is -2.43. The van der Waals surface area contributed by atoms with Crippen LogP contribution in [0.25, 0.3) is 11.4 Å². The van der Waals surface area contributed by atoms with Gasteiger partial charge < -0.3 is 30.1 Å². The molecule has 2 aromatic rings. The molecule has 3 N–H and O–H groups in total. The largest absolute Gasteiger partial charge is 0.396 e. The maximum atomic E-state index is 11.8. The van der Waals surface area contributed by atoms with Crippen LogP contribution in [0.5, 0.6) is 0 Å². The van der Waals surface area contributed by atoms with Crippen LogP contribution >= 0.6 is 0 Å². The predicted molar refractivity (Wildman–Crippen MR) is 124 cm³/mol. The fraction of sp³-hybridized carbons (Fsp3) is 0.542. The number of benzene rings is 1. The zero-order valence-electron chi connectivity index (χ0n) is 19.1. The number of anilines is 2. The van der Waals surface area contributed by atoms with E-state index in [4.69, 9.17) is 19.4 Å². The smallest absolute Gasteiger partial charge is 0.319 e. The summed E-state index contributed by atoms with van der Waals surface area (Å²) in [5.41, 5.74) is 2.76. The van der Waals surface area contributed by atoms with Gasteiger partial charge in [-0.25, -0.2) is 14.8 Å². The van der Waals surface area contributed by atoms with E-state index in [1.165, 1.54) is 0 Å². The van der Waals surface area contributed by atoms with Crippen molar-refractivity contribution in [3.63, 3.8) is 0 Å². The first-order chi connectivity index (χ1) is 16.0. The lowest BCUT2D eigenvalue weighted by atomic mass is 9.96. The summed E-state index contributed by atoms with van der Waals surface area (Å²) in [6.07, 6.45) is 3.12. The van der Waals surface area contributed by atoms with Gasteiger partial charge in [-0.1, -0.05) is 0 Å². The van der Waals surface area contributed by atoms with E-state index in [1.807, 2.05) is 38.1 Å². The van der Waals surface area contributed by atoms with Crippen LogP contribution in [-0.2, 0) is 21.7 Å². The number of carbonyl (C=O) groups is 1. The van der Waals surface area contributed by atoms with E-state index in [9.17, 15) is 9.90 Å². The molecule has 33 heavy (non-hydrogen) atoms. The first-order valence-electron chi connectivity index (χ1n) is 11.7. The number of ether oxygens (including phenoxy) is 2. The van der Waals surface area contributed by atoms with Crippen molar-refractivity contribution in [1.29, 1.82) is 0 Å². The topological polar surface area (TPSA) is 109 Å². The highest BCUT2D eigenvalue weighted by molar-refractivity contribution is 5.89. The van der Waals surface area contributed by atoms with Crippen molar-refractivity contribution >= 4 is 17.5 Å². The molecular weight excluding hydrogens is 422 g/mol. The Morgan fingerprint density at radius 1 is 1.21 bits per heavy atom. The summed E-state index contributed by atoms with van der Waals surface area (Å²) in [7, 11) is 0. The standard InChI is InChI=1S/C24H31N5O4/c1-3-25-23(31)26-16-6-4-15(5-7-16)21-27-20-19(14-32-24(20,2)10-11-30)22(28-21)29-12-17-8-9-18(13-29)33-17/h4-7,17-18,30H,3,8-14H2,1-2H3,(H2,25,26,31)/t17-,18+,24?. The first kappa shape index (κ1) is 22.1. The third-order valence-electron chi connectivity index (χ3n) is 6.69. The average Bonchev–Trinajstić information content (AvgIpc) is 3.32. The summed E-state index contributed by atoms with van der Waals surface area (Å²) in [4.78, 5) is 24.0. The molecule has 4 heterocycles. The second kappa shape index (κ2) is 8.89. The Morgan fingerprint density at radius 3 is 2.61 bits per heavy atom. The molecule has 1 aromatic heterocycles. The SMILES string of the molecule is CCNC(=O)Nc1ccc(-c2nc(N3C[C@H]4CC[C@@H](C3)O4)c3c(n2)C(C)(CCO)OC3)cc1. The molecule has 3 aliphatic rings. The van der Waals surface area contributed by atoms with E-state index in [-0.39, 0.29) is 24.8 Å². The highest BCUT2D eigenvalue weighted by Crippen LogP contribution is 2.43. The van der Waals surface area contributed by atoms with Gasteiger partial charge in [-0.05, 0) is 51.0 Å². The molecule has 0 saturated carbocycles. The molecule has 3 aliphatic heterocycles. The van der Waals surface area contributed by atoms with Gasteiger partial charge in [0.25, 0.3) is 0 Å². The number of rotatable bonds is 6. The highest BCUT2D eigenvalue weighted by atomic mass is 16.5. The number of urea groups is 1. The first-order valence-corrected chi connectivity index (χ1v) is 11.7. The van der Waals surface area contributed by atoms with Crippen molar-refractivity contribution in [3.8, 4) is 11.4 Å². The molecule has 9 nitrogen and oxygen atoms in total. The maximum absolute atomic E-state index is 11.8. The van der Waals surface area contributed by atoms with E-state index < -0.39 is 5.60 Å². The second-order valence-corrected chi connectivity index (χ2v) is 9.12. The van der Waals surface area contributed by atoms with Gasteiger partial charge in [0.05, 0.1) is 24.5 Å². The number of aliphatic hydroxyl groups excluding tert-OH is 1. The Morgan fingerprint density at radius 2 is 1.94 bits per heavy atom. The number of aliphatic hydroxyl groups is 1. The Bertz CT molecular complexity index is 1020. The number of aromatic nitrogens is 2.